The fourth-order valence-electron chi connectivity index (χ4n) is 5.66. The van der Waals surface area contributed by atoms with E-state index in [1.54, 1.807) is 13.8 Å². The molecular formula is C26H45NO16. The summed E-state index contributed by atoms with van der Waals surface area (Å²) in [5.41, 5.74) is 0. The fraction of sp³-hybridized carbons (Fsp3) is 0.923. The van der Waals surface area contributed by atoms with Crippen molar-refractivity contribution in [2.24, 2.45) is 11.8 Å². The highest BCUT2D eigenvalue weighted by molar-refractivity contribution is 5.76. The molecule has 0 saturated carbocycles. The predicted molar refractivity (Wildman–Crippen MR) is 140 cm³/mol. The van der Waals surface area contributed by atoms with E-state index < -0.39 is 123 Å². The molecular weight excluding hydrogens is 582 g/mol. The second kappa shape index (κ2) is 14.7. The molecule has 17 heteroatoms. The Morgan fingerprint density at radius 1 is 1.05 bits per heavy atom. The fourth-order valence-corrected chi connectivity index (χ4v) is 5.66. The van der Waals surface area contributed by atoms with E-state index in [1.807, 2.05) is 0 Å². The Kier molecular flexibility index (Phi) is 12.3. The first-order valence-electron chi connectivity index (χ1n) is 14.2. The van der Waals surface area contributed by atoms with Crippen molar-refractivity contribution in [3.8, 4) is 0 Å². The number of amides is 1. The molecule has 0 aromatic carbocycles. The lowest BCUT2D eigenvalue weighted by atomic mass is 9.84. The first-order chi connectivity index (χ1) is 20.1. The zero-order valence-electron chi connectivity index (χ0n) is 24.4. The van der Waals surface area contributed by atoms with Gasteiger partial charge in [0.05, 0.1) is 38.1 Å². The normalized spacial score (nSPS) is 43.7. The number of nitrogens with one attached hydrogen (secondary N) is 1. The summed E-state index contributed by atoms with van der Waals surface area (Å²) in [6, 6.07) is -1.38. The SMILES string of the molecule is CC(=O)NC1[C@H](O[C@H]2CO[C@@H](C(C)C)C(O)[C@H]2O[C@]2(C(=O)O)CC(O)[C@@H](C)[C@H]([C@H](O)[C@H](O)CO)O2)OC(CO)[C@H](O)[C@@H]1O. The Morgan fingerprint density at radius 2 is 1.70 bits per heavy atom. The predicted octanol–water partition coefficient (Wildman–Crippen LogP) is -4.60. The van der Waals surface area contributed by atoms with Gasteiger partial charge >= 0.3 is 5.97 Å². The third-order valence-corrected chi connectivity index (χ3v) is 8.21. The smallest absolute Gasteiger partial charge is 0.364 e. The van der Waals surface area contributed by atoms with E-state index in [1.165, 1.54) is 6.92 Å². The Balaban J connectivity index is 1.99. The molecule has 3 aliphatic heterocycles. The zero-order valence-corrected chi connectivity index (χ0v) is 24.4. The van der Waals surface area contributed by atoms with Gasteiger partial charge in [-0.05, 0) is 5.92 Å². The van der Waals surface area contributed by atoms with Crippen molar-refractivity contribution in [1.29, 1.82) is 0 Å². The number of ether oxygens (including phenoxy) is 5. The van der Waals surface area contributed by atoms with Crippen LogP contribution in [0.4, 0.5) is 0 Å². The van der Waals surface area contributed by atoms with E-state index in [4.69, 9.17) is 23.7 Å². The Hall–Kier alpha value is -1.58. The second-order valence-corrected chi connectivity index (χ2v) is 11.7. The molecule has 3 fully saturated rings. The number of hydrogen-bond acceptors (Lipinski definition) is 15. The maximum atomic E-state index is 12.7. The molecule has 0 bridgehead atoms. The third-order valence-electron chi connectivity index (χ3n) is 8.21. The van der Waals surface area contributed by atoms with Crippen molar-refractivity contribution in [2.45, 2.75) is 119 Å². The summed E-state index contributed by atoms with van der Waals surface area (Å²) in [6.45, 7) is 4.09. The monoisotopic (exact) mass is 627 g/mol. The topological polar surface area (TPSA) is 274 Å². The number of rotatable bonds is 11. The van der Waals surface area contributed by atoms with Crippen LogP contribution in [0.2, 0.25) is 0 Å². The molecule has 3 aliphatic rings. The minimum absolute atomic E-state index is 0.316. The molecule has 0 aromatic heterocycles. The summed E-state index contributed by atoms with van der Waals surface area (Å²) in [5, 5.41) is 95.4. The molecule has 3 heterocycles. The van der Waals surface area contributed by atoms with E-state index >= 15 is 0 Å². The highest BCUT2D eigenvalue weighted by Gasteiger charge is 2.58. The van der Waals surface area contributed by atoms with Gasteiger partial charge in [0.25, 0.3) is 5.79 Å². The van der Waals surface area contributed by atoms with Crippen LogP contribution in [0.15, 0.2) is 0 Å². The lowest BCUT2D eigenvalue weighted by molar-refractivity contribution is -0.367. The highest BCUT2D eigenvalue weighted by atomic mass is 16.8. The summed E-state index contributed by atoms with van der Waals surface area (Å²) in [7, 11) is 0. The Labute approximate surface area is 247 Å². The number of carboxylic acid groups (broad SMARTS) is 1. The third kappa shape index (κ3) is 7.63. The molecule has 250 valence electrons. The standard InChI is InChI=1S/C26H45NO16/c1-9(2)21-20(36)23(43-26(25(37)38)5-12(31)10(3)22(42-26)17(33)13(32)6-28)15(8-39-21)41-24-16(27-11(4)30)19(35)18(34)14(7-29)40-24/h9-10,12-24,28-29,31-36H,5-8H2,1-4H3,(H,27,30)(H,37,38)/t10-,12?,13-,14?,15+,16?,17-,18+,19-,20?,21+,22-,23+,24+,26+/m1/s1. The van der Waals surface area contributed by atoms with Crippen molar-refractivity contribution in [3.05, 3.63) is 0 Å². The van der Waals surface area contributed by atoms with Gasteiger partial charge in [0.15, 0.2) is 6.29 Å². The maximum Gasteiger partial charge on any atom is 0.364 e. The van der Waals surface area contributed by atoms with Gasteiger partial charge in [-0.1, -0.05) is 20.8 Å². The van der Waals surface area contributed by atoms with Gasteiger partial charge in [0.2, 0.25) is 5.91 Å². The van der Waals surface area contributed by atoms with Gasteiger partial charge in [-0.3, -0.25) is 4.79 Å². The van der Waals surface area contributed by atoms with Gasteiger partial charge in [-0.2, -0.15) is 0 Å². The van der Waals surface area contributed by atoms with Crippen molar-refractivity contribution in [2.75, 3.05) is 19.8 Å². The van der Waals surface area contributed by atoms with Crippen LogP contribution in [-0.2, 0) is 33.3 Å². The largest absolute Gasteiger partial charge is 0.477 e. The molecule has 3 rings (SSSR count). The number of aliphatic hydroxyl groups excluding tert-OH is 8. The molecule has 1 amide bonds. The molecule has 0 aliphatic carbocycles. The number of aliphatic carboxylic acids is 1. The lowest BCUT2D eigenvalue weighted by Gasteiger charge is -2.50. The molecule has 0 spiro atoms. The molecule has 4 unspecified atom stereocenters. The van der Waals surface area contributed by atoms with Gasteiger partial charge in [-0.25, -0.2) is 4.79 Å². The molecule has 0 aromatic rings. The van der Waals surface area contributed by atoms with Gasteiger partial charge in [0.1, 0.15) is 54.9 Å². The average Bonchev–Trinajstić information content (AvgIpc) is 2.94. The van der Waals surface area contributed by atoms with E-state index in [-0.39, 0.29) is 12.5 Å². The van der Waals surface area contributed by atoms with Crippen molar-refractivity contribution in [1.82, 2.24) is 5.32 Å². The zero-order chi connectivity index (χ0) is 32.4. The Bertz CT molecular complexity index is 941. The lowest BCUT2D eigenvalue weighted by Crippen LogP contribution is -2.68. The van der Waals surface area contributed by atoms with Gasteiger partial charge in [0, 0.05) is 19.3 Å². The van der Waals surface area contributed by atoms with Crippen LogP contribution in [0.25, 0.3) is 0 Å². The van der Waals surface area contributed by atoms with Crippen LogP contribution in [-0.4, -0.2) is 163 Å². The number of hydrogen-bond donors (Lipinski definition) is 10. The number of carbonyl (C=O) groups excluding carboxylic acids is 1. The second-order valence-electron chi connectivity index (χ2n) is 11.7. The average molecular weight is 628 g/mol. The number of carbonyl (C=O) groups is 2. The molecule has 43 heavy (non-hydrogen) atoms. The summed E-state index contributed by atoms with van der Waals surface area (Å²) >= 11 is 0. The van der Waals surface area contributed by atoms with E-state index in [0.717, 1.165) is 6.92 Å². The van der Waals surface area contributed by atoms with Crippen LogP contribution in [0, 0.1) is 11.8 Å². The number of carboxylic acids is 1. The molecule has 17 nitrogen and oxygen atoms in total. The van der Waals surface area contributed by atoms with Crippen LogP contribution in [0.5, 0.6) is 0 Å². The number of aliphatic hydroxyl groups is 8. The summed E-state index contributed by atoms with van der Waals surface area (Å²) in [6.07, 6.45) is -18.8. The minimum Gasteiger partial charge on any atom is -0.477 e. The molecule has 3 saturated heterocycles. The van der Waals surface area contributed by atoms with E-state index in [2.05, 4.69) is 5.32 Å². The Morgan fingerprint density at radius 3 is 2.23 bits per heavy atom. The summed E-state index contributed by atoms with van der Waals surface area (Å²) in [4.78, 5) is 24.6. The first kappa shape index (κ1) is 35.9. The van der Waals surface area contributed by atoms with E-state index in [9.17, 15) is 55.5 Å². The van der Waals surface area contributed by atoms with E-state index in [0.29, 0.717) is 0 Å². The van der Waals surface area contributed by atoms with Crippen LogP contribution in [0.1, 0.15) is 34.1 Å². The van der Waals surface area contributed by atoms with Crippen LogP contribution >= 0.6 is 0 Å². The van der Waals surface area contributed by atoms with Crippen molar-refractivity contribution < 1.29 is 79.2 Å². The van der Waals surface area contributed by atoms with Crippen molar-refractivity contribution in [3.63, 3.8) is 0 Å². The van der Waals surface area contributed by atoms with Crippen molar-refractivity contribution >= 4 is 11.9 Å². The molecule has 0 radical (unpaired) electrons. The first-order valence-corrected chi connectivity index (χ1v) is 14.2. The maximum absolute atomic E-state index is 12.7. The van der Waals surface area contributed by atoms with Crippen LogP contribution in [0.3, 0.4) is 0 Å². The summed E-state index contributed by atoms with van der Waals surface area (Å²) in [5.74, 6) is -6.30. The van der Waals surface area contributed by atoms with Gasteiger partial charge < -0.3 is 75.0 Å². The molecule has 10 N–H and O–H groups in total. The van der Waals surface area contributed by atoms with Crippen LogP contribution < -0.4 is 5.32 Å². The highest BCUT2D eigenvalue weighted by Crippen LogP contribution is 2.40. The summed E-state index contributed by atoms with van der Waals surface area (Å²) < 4.78 is 29.1. The molecule has 15 atom stereocenters. The minimum atomic E-state index is -2.70. The van der Waals surface area contributed by atoms with Gasteiger partial charge in [-0.15, -0.1) is 0 Å². The quantitative estimate of drug-likeness (QED) is 0.103.